The van der Waals surface area contributed by atoms with Crippen LogP contribution in [0.5, 0.6) is 0 Å². The first-order valence-electron chi connectivity index (χ1n) is 42.0. The third kappa shape index (κ3) is 20.6. The van der Waals surface area contributed by atoms with Gasteiger partial charge in [-0.1, -0.05) is 65.7 Å². The minimum absolute atomic E-state index is 0.00553. The maximum atomic E-state index is 14.3. The lowest BCUT2D eigenvalue weighted by Gasteiger charge is -2.22. The first-order valence-corrected chi connectivity index (χ1v) is 42.8. The molecule has 0 bridgehead atoms. The standard InChI is InChI=1S/C24H24F3N5O.C23H21F4N5O.C23H22F3N5O.C22H21Cl2N5O/c1-16(17-3-2-4-20(11-17)24(25,26)27)33-32-10-7-22-23(32)12-18(13-29-22)19-14-30-31(15-19)21-5-8-28-9-6-21;24-22-15(2-1-3-19(22)23(25,26)27)14-33-32-9-6-20-21(32)10-16(11-29-20)17-12-30-31(13-17)18-4-7-28-8-5-18;24-23(25,26)19-3-1-2-16(10-19)15-32-31-9-6-21-22(31)11-17(12-28-21)18-13-29-30(14-18)20-4-7-27-8-5-20;23-19-2-1-15(9-20(19)24)14-30-29-8-5-21-22(29)10-16(11-26-21)17-12-27-28(13-17)18-3-6-25-7-4-18/h2-4,7,10-16,21,28H,5-6,8-9H2,1H3;1-3,6,9-13,18,28H,4-5,7-8,14H2;1-3,6,9-14,20,27H,4-5,7-8,15H2;1-2,5,8-13,18,25H,3-4,6-7,14H2. The van der Waals surface area contributed by atoms with E-state index in [0.717, 1.165) is 217 Å². The molecular weight excluding hydrogens is 1710 g/mol. The molecule has 12 aromatic heterocycles. The minimum Gasteiger partial charge on any atom is -0.409 e. The Balaban J connectivity index is 0.000000120. The number of hydrogen-bond acceptors (Lipinski definition) is 16. The van der Waals surface area contributed by atoms with Gasteiger partial charge in [0.1, 0.15) is 53.8 Å². The highest BCUT2D eigenvalue weighted by Gasteiger charge is 2.36. The third-order valence-corrected chi connectivity index (χ3v) is 23.9. The van der Waals surface area contributed by atoms with Crippen molar-refractivity contribution in [3.05, 3.63) is 287 Å². The van der Waals surface area contributed by atoms with Gasteiger partial charge in [0.2, 0.25) is 0 Å². The number of hydrogen-bond donors (Lipinski definition) is 4. The molecular formula is C92H88Cl2F10N20O4. The molecule has 36 heteroatoms. The van der Waals surface area contributed by atoms with Crippen LogP contribution in [0.25, 0.3) is 88.6 Å². The number of benzene rings is 4. The van der Waals surface area contributed by atoms with Gasteiger partial charge in [0.15, 0.2) is 0 Å². The summed E-state index contributed by atoms with van der Waals surface area (Å²) in [4.78, 5) is 41.5. The first kappa shape index (κ1) is 87.5. The van der Waals surface area contributed by atoms with Crippen molar-refractivity contribution in [2.45, 2.75) is 127 Å². The van der Waals surface area contributed by atoms with Crippen LogP contribution in [0.1, 0.15) is 128 Å². The van der Waals surface area contributed by atoms with Gasteiger partial charge in [0.25, 0.3) is 0 Å². The predicted octanol–water partition coefficient (Wildman–Crippen LogP) is 18.9. The maximum Gasteiger partial charge on any atom is 0.419 e. The lowest BCUT2D eigenvalue weighted by molar-refractivity contribution is -0.140. The highest BCUT2D eigenvalue weighted by atomic mass is 35.5. The van der Waals surface area contributed by atoms with Crippen molar-refractivity contribution in [2.24, 2.45) is 0 Å². The normalized spacial score (nSPS) is 15.5. The van der Waals surface area contributed by atoms with E-state index in [-0.39, 0.29) is 18.8 Å². The van der Waals surface area contributed by atoms with Crippen molar-refractivity contribution in [3.63, 3.8) is 0 Å². The summed E-state index contributed by atoms with van der Waals surface area (Å²) in [7, 11) is 0. The van der Waals surface area contributed by atoms with Crippen molar-refractivity contribution in [1.82, 2.24) is 99.2 Å². The summed E-state index contributed by atoms with van der Waals surface area (Å²) in [6.07, 6.45) is 24.0. The molecule has 0 amide bonds. The van der Waals surface area contributed by atoms with Crippen molar-refractivity contribution in [1.29, 1.82) is 0 Å². The fourth-order valence-electron chi connectivity index (χ4n) is 16.0. The Kier molecular flexibility index (Phi) is 26.3. The number of aromatic nitrogens is 16. The van der Waals surface area contributed by atoms with Gasteiger partial charge in [0.05, 0.1) is 97.8 Å². The number of pyridine rings is 4. The predicted molar refractivity (Wildman–Crippen MR) is 465 cm³/mol. The van der Waals surface area contributed by atoms with E-state index in [0.29, 0.717) is 69.0 Å². The van der Waals surface area contributed by atoms with Crippen molar-refractivity contribution in [3.8, 4) is 44.5 Å². The fourth-order valence-corrected chi connectivity index (χ4v) is 16.4. The molecule has 0 saturated carbocycles. The Morgan fingerprint density at radius 2 is 0.719 bits per heavy atom. The number of fused-ring (bicyclic) bond motifs is 4. The molecule has 24 nitrogen and oxygen atoms in total. The van der Waals surface area contributed by atoms with Crippen LogP contribution in [0.3, 0.4) is 0 Å². The van der Waals surface area contributed by atoms with Crippen LogP contribution in [-0.4, -0.2) is 130 Å². The summed E-state index contributed by atoms with van der Waals surface area (Å²) in [5.74, 6) is -1.33. The molecule has 0 spiro atoms. The van der Waals surface area contributed by atoms with E-state index < -0.39 is 47.1 Å². The van der Waals surface area contributed by atoms with Gasteiger partial charge in [-0.2, -0.15) is 78.8 Å². The Labute approximate surface area is 737 Å². The van der Waals surface area contributed by atoms with E-state index in [1.54, 1.807) is 88.8 Å². The Morgan fingerprint density at radius 1 is 0.367 bits per heavy atom. The average molecular weight is 1800 g/mol. The number of alkyl halides is 9. The van der Waals surface area contributed by atoms with E-state index in [1.165, 1.54) is 22.9 Å². The molecule has 16 heterocycles. The molecule has 1 atom stereocenters. The van der Waals surface area contributed by atoms with Gasteiger partial charge >= 0.3 is 18.5 Å². The zero-order valence-corrected chi connectivity index (χ0v) is 70.6. The first-order chi connectivity index (χ1) is 61.9. The van der Waals surface area contributed by atoms with E-state index in [2.05, 4.69) is 78.5 Å². The van der Waals surface area contributed by atoms with Crippen LogP contribution in [0, 0.1) is 5.82 Å². The van der Waals surface area contributed by atoms with Crippen LogP contribution in [0.15, 0.2) is 233 Å². The number of nitrogens with one attached hydrogen (secondary N) is 4. The summed E-state index contributed by atoms with van der Waals surface area (Å²) in [6, 6.07) is 35.7. The Morgan fingerprint density at radius 3 is 1.10 bits per heavy atom. The summed E-state index contributed by atoms with van der Waals surface area (Å²) in [6.45, 7) is 9.70. The van der Waals surface area contributed by atoms with Crippen LogP contribution in [-0.2, 0) is 38.3 Å². The van der Waals surface area contributed by atoms with Gasteiger partial charge in [-0.3, -0.25) is 38.7 Å². The molecule has 128 heavy (non-hydrogen) atoms. The SMILES string of the molecule is CC(On1ccc2ncc(-c3cnn(C4CCNCC4)c3)cc21)c1cccc(C(F)(F)F)c1.Clc1ccc(COn2ccc3ncc(-c4cnn(C5CCNCC5)c4)cc32)cc1Cl.FC(F)(F)c1cccc(COn2ccc3ncc(-c4cnn(C5CCNCC5)c4)cc32)c1.Fc1c(COn2ccc3ncc(-c4cnn(C5CCNCC5)c4)cc32)cccc1C(F)(F)F. The van der Waals surface area contributed by atoms with Crippen molar-refractivity contribution in [2.75, 3.05) is 52.4 Å². The second-order valence-electron chi connectivity index (χ2n) is 31.8. The molecule has 0 radical (unpaired) electrons. The summed E-state index contributed by atoms with van der Waals surface area (Å²) in [5, 5.41) is 32.7. The van der Waals surface area contributed by atoms with E-state index in [9.17, 15) is 43.9 Å². The van der Waals surface area contributed by atoms with Crippen molar-refractivity contribution < 1.29 is 63.3 Å². The molecule has 1 unspecified atom stereocenters. The van der Waals surface area contributed by atoms with Crippen LogP contribution < -0.4 is 40.6 Å². The number of nitrogens with zero attached hydrogens (tertiary/aromatic N) is 16. The van der Waals surface area contributed by atoms with Gasteiger partial charge < -0.3 is 40.6 Å². The van der Waals surface area contributed by atoms with E-state index in [4.69, 9.17) is 42.6 Å². The highest BCUT2D eigenvalue weighted by Crippen LogP contribution is 2.38. The molecule has 4 saturated heterocycles. The molecule has 4 aromatic carbocycles. The fraction of sp³-hybridized carbons (Fsp3) is 0.304. The van der Waals surface area contributed by atoms with Gasteiger partial charge in [0, 0.05) is 124 Å². The largest absolute Gasteiger partial charge is 0.419 e. The second kappa shape index (κ2) is 38.5. The lowest BCUT2D eigenvalue weighted by Crippen LogP contribution is -2.29. The Hall–Kier alpha value is -12.6. The second-order valence-corrected chi connectivity index (χ2v) is 32.6. The van der Waals surface area contributed by atoms with E-state index in [1.807, 2.05) is 112 Å². The zero-order chi connectivity index (χ0) is 88.6. The maximum absolute atomic E-state index is 14.3. The molecule has 4 aliphatic rings. The van der Waals surface area contributed by atoms with Crippen molar-refractivity contribution >= 4 is 67.3 Å². The smallest absolute Gasteiger partial charge is 0.409 e. The summed E-state index contributed by atoms with van der Waals surface area (Å²) < 4.78 is 146. The Bertz CT molecular complexity index is 6480. The minimum atomic E-state index is -4.77. The van der Waals surface area contributed by atoms with Gasteiger partial charge in [-0.15, -0.1) is 0 Å². The van der Waals surface area contributed by atoms with Gasteiger partial charge in [-0.05, 0) is 218 Å². The molecule has 664 valence electrons. The summed E-state index contributed by atoms with van der Waals surface area (Å²) >= 11 is 12.1. The molecule has 4 N–H and O–H groups in total. The zero-order valence-electron chi connectivity index (χ0n) is 69.1. The number of rotatable bonds is 20. The number of halogens is 12. The molecule has 4 fully saturated rings. The molecule has 4 aliphatic heterocycles. The molecule has 0 aliphatic carbocycles. The molecule has 20 rings (SSSR count). The topological polar surface area (TPSA) is 228 Å². The van der Waals surface area contributed by atoms with E-state index >= 15 is 0 Å². The monoisotopic (exact) mass is 1800 g/mol. The summed E-state index contributed by atoms with van der Waals surface area (Å²) in [5.41, 5.74) is 12.5. The van der Waals surface area contributed by atoms with Crippen LogP contribution in [0.4, 0.5) is 43.9 Å². The van der Waals surface area contributed by atoms with Crippen LogP contribution in [0.2, 0.25) is 10.0 Å². The quantitative estimate of drug-likeness (QED) is 0.0520. The lowest BCUT2D eigenvalue weighted by atomic mass is 10.1. The molecule has 16 aromatic rings. The average Bonchev–Trinajstić information content (AvgIpc) is 1.73. The van der Waals surface area contributed by atoms with Crippen LogP contribution >= 0.6 is 23.2 Å². The third-order valence-electron chi connectivity index (χ3n) is 23.2. The van der Waals surface area contributed by atoms with Gasteiger partial charge in [-0.25, -0.2) is 4.39 Å². The number of piperidine rings is 4. The highest BCUT2D eigenvalue weighted by molar-refractivity contribution is 6.42.